The van der Waals surface area contributed by atoms with Gasteiger partial charge >= 0.3 is 0 Å². The molecule has 100 valence electrons. The number of hydrogen-bond acceptors (Lipinski definition) is 3. The smallest absolute Gasteiger partial charge is 0.239 e. The van der Waals surface area contributed by atoms with Gasteiger partial charge in [-0.25, -0.2) is 0 Å². The zero-order valence-corrected chi connectivity index (χ0v) is 10.8. The van der Waals surface area contributed by atoms with Gasteiger partial charge in [-0.3, -0.25) is 4.79 Å². The molecule has 0 fully saturated rings. The summed E-state index contributed by atoms with van der Waals surface area (Å²) >= 11 is 1.64. The highest BCUT2D eigenvalue weighted by Crippen LogP contribution is 2.14. The fraction of sp³-hybridized carbons (Fsp3) is 0.231. The second kappa shape index (κ2) is 6.38. The highest BCUT2D eigenvalue weighted by molar-refractivity contribution is 7.09. The van der Waals surface area contributed by atoms with Crippen molar-refractivity contribution >= 4 is 22.9 Å². The summed E-state index contributed by atoms with van der Waals surface area (Å²) in [6.45, 7) is 0. The second-order valence-electron chi connectivity index (χ2n) is 3.95. The van der Waals surface area contributed by atoms with E-state index in [0.29, 0.717) is 6.42 Å². The van der Waals surface area contributed by atoms with Gasteiger partial charge in [0.15, 0.2) is 0 Å². The number of hydrogen-bond donors (Lipinski definition) is 1. The molecule has 1 N–H and O–H groups in total. The number of anilines is 1. The summed E-state index contributed by atoms with van der Waals surface area (Å²) in [6, 6.07) is 6.13. The lowest BCUT2D eigenvalue weighted by Gasteiger charge is -2.05. The van der Waals surface area contributed by atoms with Gasteiger partial charge in [0.2, 0.25) is 17.8 Å². The molecular formula is C13H12F2N2OS. The molecule has 0 aliphatic rings. The number of nitrogens with one attached hydrogen (secondary N) is 1. The maximum Gasteiger partial charge on any atom is 0.239 e. The maximum atomic E-state index is 13.2. The zero-order valence-electron chi connectivity index (χ0n) is 10.0. The topological polar surface area (TPSA) is 42.0 Å². The molecule has 2 aromatic rings. The molecular weight excluding hydrogens is 270 g/mol. The van der Waals surface area contributed by atoms with E-state index in [4.69, 9.17) is 0 Å². The summed E-state index contributed by atoms with van der Waals surface area (Å²) < 4.78 is 25.8. The molecule has 6 heteroatoms. The molecule has 2 heterocycles. The predicted octanol–water partition coefficient (Wildman–Crippen LogP) is 3.38. The van der Waals surface area contributed by atoms with Crippen molar-refractivity contribution in [3.8, 4) is 0 Å². The van der Waals surface area contributed by atoms with Gasteiger partial charge < -0.3 is 5.32 Å². The van der Waals surface area contributed by atoms with Crippen LogP contribution in [0, 0.1) is 11.9 Å². The van der Waals surface area contributed by atoms with E-state index < -0.39 is 11.9 Å². The standard InChI is InChI=1S/C13H12F2N2OS/c14-11-7-6-10(13(15)17-11)16-12(18)5-1-3-9-4-2-8-19-9/h2,4,6-8H,1,3,5H2,(H,16,18). The molecule has 0 aliphatic carbocycles. The zero-order chi connectivity index (χ0) is 13.7. The Morgan fingerprint density at radius 1 is 1.32 bits per heavy atom. The number of amides is 1. The minimum atomic E-state index is -1.01. The normalized spacial score (nSPS) is 10.4. The van der Waals surface area contributed by atoms with Gasteiger partial charge in [0.05, 0.1) is 5.69 Å². The van der Waals surface area contributed by atoms with Crippen LogP contribution < -0.4 is 5.32 Å². The van der Waals surface area contributed by atoms with E-state index in [2.05, 4.69) is 10.3 Å². The van der Waals surface area contributed by atoms with Crippen LogP contribution in [-0.4, -0.2) is 10.9 Å². The minimum absolute atomic E-state index is 0.0949. The van der Waals surface area contributed by atoms with E-state index in [9.17, 15) is 13.6 Å². The van der Waals surface area contributed by atoms with E-state index in [1.165, 1.54) is 4.88 Å². The quantitative estimate of drug-likeness (QED) is 0.854. The average Bonchev–Trinajstić information content (AvgIpc) is 2.86. The van der Waals surface area contributed by atoms with E-state index in [0.717, 1.165) is 18.6 Å². The van der Waals surface area contributed by atoms with Crippen molar-refractivity contribution in [2.45, 2.75) is 19.3 Å². The van der Waals surface area contributed by atoms with Crippen LogP contribution in [0.5, 0.6) is 0 Å². The molecule has 0 saturated heterocycles. The van der Waals surface area contributed by atoms with Crippen molar-refractivity contribution in [2.24, 2.45) is 0 Å². The number of carbonyl (C=O) groups is 1. The first kappa shape index (κ1) is 13.6. The Hall–Kier alpha value is -1.82. The first-order valence-corrected chi connectivity index (χ1v) is 6.67. The fourth-order valence-electron chi connectivity index (χ4n) is 1.60. The molecule has 1 amide bonds. The average molecular weight is 282 g/mol. The SMILES string of the molecule is O=C(CCCc1cccs1)Nc1ccc(F)nc1F. The van der Waals surface area contributed by atoms with Crippen molar-refractivity contribution in [2.75, 3.05) is 5.32 Å². The third-order valence-corrected chi connectivity index (χ3v) is 3.43. The molecule has 0 radical (unpaired) electrons. The van der Waals surface area contributed by atoms with Crippen LogP contribution >= 0.6 is 11.3 Å². The predicted molar refractivity (Wildman–Crippen MR) is 70.0 cm³/mol. The molecule has 0 atom stereocenters. The fourth-order valence-corrected chi connectivity index (χ4v) is 2.35. The van der Waals surface area contributed by atoms with Gasteiger partial charge in [-0.05, 0) is 36.4 Å². The first-order chi connectivity index (χ1) is 9.15. The minimum Gasteiger partial charge on any atom is -0.322 e. The molecule has 0 aliphatic heterocycles. The summed E-state index contributed by atoms with van der Waals surface area (Å²) in [7, 11) is 0. The number of nitrogens with zero attached hydrogens (tertiary/aromatic N) is 1. The van der Waals surface area contributed by atoms with Gasteiger partial charge in [0.25, 0.3) is 0 Å². The number of aryl methyl sites for hydroxylation is 1. The first-order valence-electron chi connectivity index (χ1n) is 5.79. The van der Waals surface area contributed by atoms with Crippen LogP contribution in [0.25, 0.3) is 0 Å². The Morgan fingerprint density at radius 3 is 2.84 bits per heavy atom. The van der Waals surface area contributed by atoms with E-state index in [-0.39, 0.29) is 18.0 Å². The number of pyridine rings is 1. The number of rotatable bonds is 5. The van der Waals surface area contributed by atoms with Gasteiger partial charge in [0.1, 0.15) is 0 Å². The Kier molecular flexibility index (Phi) is 4.57. The van der Waals surface area contributed by atoms with Gasteiger partial charge in [-0.2, -0.15) is 13.8 Å². The summed E-state index contributed by atoms with van der Waals surface area (Å²) in [5.74, 6) is -2.22. The summed E-state index contributed by atoms with van der Waals surface area (Å²) in [5.41, 5.74) is -0.0949. The van der Waals surface area contributed by atoms with Crippen LogP contribution in [0.3, 0.4) is 0 Å². The molecule has 0 spiro atoms. The van der Waals surface area contributed by atoms with Crippen molar-refractivity contribution in [1.29, 1.82) is 0 Å². The molecule has 2 rings (SSSR count). The Morgan fingerprint density at radius 2 is 2.16 bits per heavy atom. The number of thiophene rings is 1. The van der Waals surface area contributed by atoms with E-state index in [1.807, 2.05) is 17.5 Å². The highest BCUT2D eigenvalue weighted by atomic mass is 32.1. The number of aromatic nitrogens is 1. The lowest BCUT2D eigenvalue weighted by Crippen LogP contribution is -2.13. The van der Waals surface area contributed by atoms with Crippen molar-refractivity contribution in [1.82, 2.24) is 4.98 Å². The molecule has 0 bridgehead atoms. The molecule has 3 nitrogen and oxygen atoms in total. The number of halogens is 2. The molecule has 0 saturated carbocycles. The van der Waals surface area contributed by atoms with Crippen molar-refractivity contribution in [3.05, 3.63) is 46.4 Å². The van der Waals surface area contributed by atoms with Crippen molar-refractivity contribution in [3.63, 3.8) is 0 Å². The maximum absolute atomic E-state index is 13.2. The van der Waals surface area contributed by atoms with Gasteiger partial charge in [-0.1, -0.05) is 6.07 Å². The summed E-state index contributed by atoms with van der Waals surface area (Å²) in [6.07, 6.45) is 1.78. The Labute approximate surface area is 113 Å². The van der Waals surface area contributed by atoms with Crippen LogP contribution in [0.2, 0.25) is 0 Å². The highest BCUT2D eigenvalue weighted by Gasteiger charge is 2.09. The van der Waals surface area contributed by atoms with Crippen LogP contribution in [0.4, 0.5) is 14.5 Å². The second-order valence-corrected chi connectivity index (χ2v) is 4.99. The summed E-state index contributed by atoms with van der Waals surface area (Å²) in [5, 5.41) is 4.36. The summed E-state index contributed by atoms with van der Waals surface area (Å²) in [4.78, 5) is 15.8. The molecule has 0 unspecified atom stereocenters. The lowest BCUT2D eigenvalue weighted by molar-refractivity contribution is -0.116. The lowest BCUT2D eigenvalue weighted by atomic mass is 10.2. The van der Waals surface area contributed by atoms with E-state index in [1.54, 1.807) is 11.3 Å². The van der Waals surface area contributed by atoms with Gasteiger partial charge in [-0.15, -0.1) is 11.3 Å². The Balaban J connectivity index is 1.80. The third kappa shape index (κ3) is 4.10. The third-order valence-electron chi connectivity index (χ3n) is 2.50. The van der Waals surface area contributed by atoms with Crippen molar-refractivity contribution < 1.29 is 13.6 Å². The van der Waals surface area contributed by atoms with Gasteiger partial charge in [0, 0.05) is 11.3 Å². The number of carbonyl (C=O) groups excluding carboxylic acids is 1. The molecule has 19 heavy (non-hydrogen) atoms. The van der Waals surface area contributed by atoms with Crippen LogP contribution in [-0.2, 0) is 11.2 Å². The molecule has 0 aromatic carbocycles. The molecule has 2 aromatic heterocycles. The van der Waals surface area contributed by atoms with Crippen LogP contribution in [0.15, 0.2) is 29.6 Å². The largest absolute Gasteiger partial charge is 0.322 e. The Bertz CT molecular complexity index is 558. The monoisotopic (exact) mass is 282 g/mol. The van der Waals surface area contributed by atoms with Crippen LogP contribution in [0.1, 0.15) is 17.7 Å². The van der Waals surface area contributed by atoms with E-state index >= 15 is 0 Å².